The van der Waals surface area contributed by atoms with Crippen LogP contribution in [0.2, 0.25) is 0 Å². The number of hydrogen-bond donors (Lipinski definition) is 1. The fraction of sp³-hybridized carbons (Fsp3) is 0.190. The molecule has 0 aliphatic carbocycles. The number of amides is 1. The van der Waals surface area contributed by atoms with E-state index in [-0.39, 0.29) is 17.8 Å². The number of benzene rings is 2. The molecule has 6 heteroatoms. The highest BCUT2D eigenvalue weighted by Crippen LogP contribution is 2.37. The minimum absolute atomic E-state index is 0.101. The van der Waals surface area contributed by atoms with E-state index in [0.29, 0.717) is 5.56 Å². The van der Waals surface area contributed by atoms with Gasteiger partial charge in [0.1, 0.15) is 5.82 Å². The normalized spacial score (nSPS) is 16.0. The van der Waals surface area contributed by atoms with Crippen LogP contribution in [0.3, 0.4) is 0 Å². The van der Waals surface area contributed by atoms with Crippen molar-refractivity contribution in [1.82, 2.24) is 5.32 Å². The molecule has 2 aromatic carbocycles. The summed E-state index contributed by atoms with van der Waals surface area (Å²) in [4.78, 5) is 15.0. The van der Waals surface area contributed by atoms with Gasteiger partial charge in [-0.1, -0.05) is 12.1 Å². The van der Waals surface area contributed by atoms with E-state index in [1.165, 1.54) is 11.6 Å². The van der Waals surface area contributed by atoms with Crippen molar-refractivity contribution < 1.29 is 9.18 Å². The van der Waals surface area contributed by atoms with Crippen molar-refractivity contribution in [2.75, 3.05) is 5.75 Å². The molecule has 0 bridgehead atoms. The second-order valence-electron chi connectivity index (χ2n) is 6.26. The number of carbonyl (C=O) groups is 1. The maximum Gasteiger partial charge on any atom is 0.252 e. The van der Waals surface area contributed by atoms with Crippen LogP contribution in [0.25, 0.3) is 0 Å². The van der Waals surface area contributed by atoms with Gasteiger partial charge in [-0.05, 0) is 64.7 Å². The molecule has 2 heterocycles. The van der Waals surface area contributed by atoms with Crippen LogP contribution in [0.15, 0.2) is 69.1 Å². The highest BCUT2D eigenvalue weighted by molar-refractivity contribution is 7.99. The summed E-state index contributed by atoms with van der Waals surface area (Å²) in [5, 5.41) is 7.31. The molecule has 0 saturated carbocycles. The van der Waals surface area contributed by atoms with Crippen molar-refractivity contribution in [2.45, 2.75) is 28.0 Å². The van der Waals surface area contributed by atoms with Crippen LogP contribution in [0.5, 0.6) is 0 Å². The second kappa shape index (κ2) is 8.50. The van der Waals surface area contributed by atoms with Crippen LogP contribution >= 0.6 is 34.9 Å². The molecule has 0 radical (unpaired) electrons. The van der Waals surface area contributed by atoms with Gasteiger partial charge in [-0.2, -0.15) is 11.3 Å². The Hall–Kier alpha value is -1.76. The first kappa shape index (κ1) is 18.6. The molecule has 1 atom stereocenters. The number of halogens is 1. The summed E-state index contributed by atoms with van der Waals surface area (Å²) in [5.41, 5.74) is 2.81. The Morgan fingerprint density at radius 1 is 1.22 bits per heavy atom. The van der Waals surface area contributed by atoms with Gasteiger partial charge in [0.2, 0.25) is 0 Å². The monoisotopic (exact) mass is 415 g/mol. The number of hydrogen-bond acceptors (Lipinski definition) is 4. The molecule has 1 N–H and O–H groups in total. The largest absolute Gasteiger partial charge is 0.345 e. The molecule has 1 unspecified atom stereocenters. The van der Waals surface area contributed by atoms with Gasteiger partial charge in [0.05, 0.1) is 11.6 Å². The summed E-state index contributed by atoms with van der Waals surface area (Å²) in [6, 6.07) is 14.5. The Morgan fingerprint density at radius 2 is 2.11 bits per heavy atom. The molecule has 2 nitrogen and oxygen atoms in total. The Balaban J connectivity index is 1.52. The number of thiophene rings is 1. The number of thioether (sulfide) groups is 2. The number of nitrogens with one attached hydrogen (secondary N) is 1. The third-order valence-corrected chi connectivity index (χ3v) is 7.42. The van der Waals surface area contributed by atoms with Gasteiger partial charge in [-0.25, -0.2) is 4.39 Å². The zero-order valence-corrected chi connectivity index (χ0v) is 16.9. The number of fused-ring (bicyclic) bond motifs is 1. The molecule has 27 heavy (non-hydrogen) atoms. The zero-order chi connectivity index (χ0) is 18.6. The predicted molar refractivity (Wildman–Crippen MR) is 112 cm³/mol. The maximum absolute atomic E-state index is 13.7. The smallest absolute Gasteiger partial charge is 0.252 e. The van der Waals surface area contributed by atoms with E-state index < -0.39 is 0 Å². The molecule has 1 aromatic heterocycles. The van der Waals surface area contributed by atoms with E-state index in [1.807, 2.05) is 24.3 Å². The van der Waals surface area contributed by atoms with Gasteiger partial charge >= 0.3 is 0 Å². The molecule has 3 aromatic rings. The Morgan fingerprint density at radius 3 is 2.96 bits per heavy atom. The van der Waals surface area contributed by atoms with Crippen LogP contribution in [0, 0.1) is 5.82 Å². The zero-order valence-electron chi connectivity index (χ0n) is 14.5. The molecule has 4 rings (SSSR count). The average molecular weight is 416 g/mol. The Labute approximate surface area is 170 Å². The van der Waals surface area contributed by atoms with Crippen LogP contribution in [-0.2, 0) is 5.75 Å². The maximum atomic E-state index is 13.7. The molecule has 1 aliphatic heterocycles. The van der Waals surface area contributed by atoms with Crippen molar-refractivity contribution in [2.24, 2.45) is 0 Å². The molecular formula is C21H18FNOS3. The summed E-state index contributed by atoms with van der Waals surface area (Å²) in [7, 11) is 0. The second-order valence-corrected chi connectivity index (χ2v) is 9.20. The third-order valence-electron chi connectivity index (χ3n) is 4.42. The third kappa shape index (κ3) is 4.39. The summed E-state index contributed by atoms with van der Waals surface area (Å²) < 4.78 is 13.7. The lowest BCUT2D eigenvalue weighted by Crippen LogP contribution is -2.31. The van der Waals surface area contributed by atoms with Gasteiger partial charge in [0, 0.05) is 21.3 Å². The van der Waals surface area contributed by atoms with Crippen LogP contribution < -0.4 is 5.32 Å². The molecule has 1 aliphatic rings. The van der Waals surface area contributed by atoms with E-state index in [4.69, 9.17) is 0 Å². The minimum atomic E-state index is -0.262. The van der Waals surface area contributed by atoms with E-state index >= 15 is 0 Å². The van der Waals surface area contributed by atoms with Gasteiger partial charge in [-0.15, -0.1) is 23.5 Å². The van der Waals surface area contributed by atoms with E-state index in [0.717, 1.165) is 33.3 Å². The lowest BCUT2D eigenvalue weighted by atomic mass is 10.0. The van der Waals surface area contributed by atoms with Gasteiger partial charge in [-0.3, -0.25) is 4.79 Å². The van der Waals surface area contributed by atoms with Gasteiger partial charge in [0.25, 0.3) is 5.91 Å². The predicted octanol–water partition coefficient (Wildman–Crippen LogP) is 6.15. The Kier molecular flexibility index (Phi) is 5.86. The lowest BCUT2D eigenvalue weighted by Gasteiger charge is -2.26. The lowest BCUT2D eigenvalue weighted by molar-refractivity contribution is 0.0932. The first-order valence-electron chi connectivity index (χ1n) is 8.67. The molecular weight excluding hydrogens is 397 g/mol. The number of carbonyl (C=O) groups excluding carboxylic acids is 1. The van der Waals surface area contributed by atoms with Crippen molar-refractivity contribution in [3.8, 4) is 0 Å². The Bertz CT molecular complexity index is 942. The van der Waals surface area contributed by atoms with E-state index in [2.05, 4.69) is 22.1 Å². The average Bonchev–Trinajstić information content (AvgIpc) is 3.21. The summed E-state index contributed by atoms with van der Waals surface area (Å²) in [6.45, 7) is 0. The summed E-state index contributed by atoms with van der Waals surface area (Å²) in [5.74, 6) is 1.39. The fourth-order valence-electron chi connectivity index (χ4n) is 3.07. The van der Waals surface area contributed by atoms with Gasteiger partial charge < -0.3 is 5.32 Å². The van der Waals surface area contributed by atoms with Crippen LogP contribution in [0.4, 0.5) is 4.39 Å². The highest BCUT2D eigenvalue weighted by atomic mass is 32.2. The first-order valence-corrected chi connectivity index (χ1v) is 11.6. The van der Waals surface area contributed by atoms with Gasteiger partial charge in [0.15, 0.2) is 0 Å². The number of rotatable bonds is 5. The highest BCUT2D eigenvalue weighted by Gasteiger charge is 2.24. The van der Waals surface area contributed by atoms with Crippen LogP contribution in [-0.4, -0.2) is 11.7 Å². The minimum Gasteiger partial charge on any atom is -0.345 e. The quantitative estimate of drug-likeness (QED) is 0.507. The first-order chi connectivity index (χ1) is 13.2. The van der Waals surface area contributed by atoms with Crippen molar-refractivity contribution in [3.63, 3.8) is 0 Å². The summed E-state index contributed by atoms with van der Waals surface area (Å²) in [6.07, 6.45) is 0.803. The standard InChI is InChI=1S/C21H18FNOS3/c22-15-5-6-20-17(11-15)18(8-10-26-20)23-21(24)16-3-1-2-4-19(16)27-13-14-7-9-25-12-14/h1-7,9,11-12,18H,8,10,13H2,(H,23,24). The molecule has 0 spiro atoms. The SMILES string of the molecule is O=C(NC1CCSc2ccc(F)cc21)c1ccccc1SCc1ccsc1. The van der Waals surface area contributed by atoms with E-state index in [1.54, 1.807) is 47.0 Å². The molecule has 138 valence electrons. The van der Waals surface area contributed by atoms with E-state index in [9.17, 15) is 9.18 Å². The van der Waals surface area contributed by atoms with Crippen molar-refractivity contribution >= 4 is 40.8 Å². The topological polar surface area (TPSA) is 29.1 Å². The van der Waals surface area contributed by atoms with Crippen molar-refractivity contribution in [1.29, 1.82) is 0 Å². The molecule has 0 fully saturated rings. The van der Waals surface area contributed by atoms with Crippen molar-refractivity contribution in [3.05, 3.63) is 81.8 Å². The van der Waals surface area contributed by atoms with Crippen LogP contribution in [0.1, 0.15) is 33.9 Å². The molecule has 1 amide bonds. The fourth-order valence-corrected chi connectivity index (χ4v) is 5.94. The summed E-state index contributed by atoms with van der Waals surface area (Å²) >= 11 is 5.06. The molecule has 0 saturated heterocycles.